The van der Waals surface area contributed by atoms with Crippen LogP contribution >= 0.6 is 0 Å². The number of benzene rings is 2. The van der Waals surface area contributed by atoms with Gasteiger partial charge in [0.2, 0.25) is 0 Å². The Hall–Kier alpha value is -3.09. The summed E-state index contributed by atoms with van der Waals surface area (Å²) in [7, 11) is 2.96. The average Bonchev–Trinajstić information content (AvgIpc) is 3.04. The third kappa shape index (κ3) is 2.68. The van der Waals surface area contributed by atoms with Gasteiger partial charge in [-0.15, -0.1) is 5.10 Å². The number of aromatic nitrogens is 3. The van der Waals surface area contributed by atoms with E-state index in [2.05, 4.69) is 10.3 Å². The maximum absolute atomic E-state index is 13.1. The van der Waals surface area contributed by atoms with E-state index in [9.17, 15) is 9.50 Å². The molecule has 0 saturated carbocycles. The van der Waals surface area contributed by atoms with Gasteiger partial charge in [0.05, 0.1) is 26.1 Å². The van der Waals surface area contributed by atoms with Crippen molar-refractivity contribution in [3.8, 4) is 34.2 Å². The molecule has 0 unspecified atom stereocenters. The molecule has 0 aliphatic carbocycles. The second-order valence-corrected chi connectivity index (χ2v) is 4.73. The molecule has 23 heavy (non-hydrogen) atoms. The van der Waals surface area contributed by atoms with Crippen LogP contribution in [0.25, 0.3) is 16.9 Å². The molecule has 1 heterocycles. The monoisotopic (exact) mass is 315 g/mol. The van der Waals surface area contributed by atoms with E-state index in [0.29, 0.717) is 17.1 Å². The summed E-state index contributed by atoms with van der Waals surface area (Å²) in [6.45, 7) is 0. The van der Waals surface area contributed by atoms with Crippen molar-refractivity contribution < 1.29 is 19.0 Å². The molecule has 1 aromatic heterocycles. The third-order valence-corrected chi connectivity index (χ3v) is 3.40. The van der Waals surface area contributed by atoms with E-state index >= 15 is 0 Å². The molecule has 118 valence electrons. The lowest BCUT2D eigenvalue weighted by atomic mass is 10.1. The highest BCUT2D eigenvalue weighted by atomic mass is 19.1. The first-order valence-electron chi connectivity index (χ1n) is 6.76. The van der Waals surface area contributed by atoms with Gasteiger partial charge in [-0.1, -0.05) is 5.21 Å². The van der Waals surface area contributed by atoms with Gasteiger partial charge in [-0.25, -0.2) is 9.07 Å². The van der Waals surface area contributed by atoms with Crippen molar-refractivity contribution in [1.82, 2.24) is 15.0 Å². The van der Waals surface area contributed by atoms with Gasteiger partial charge >= 0.3 is 0 Å². The van der Waals surface area contributed by atoms with Crippen molar-refractivity contribution in [2.24, 2.45) is 0 Å². The Bertz CT molecular complexity index is 831. The smallest absolute Gasteiger partial charge is 0.164 e. The maximum atomic E-state index is 13.1. The second-order valence-electron chi connectivity index (χ2n) is 4.73. The van der Waals surface area contributed by atoms with Gasteiger partial charge in [0.15, 0.2) is 11.5 Å². The minimum atomic E-state index is -0.326. The zero-order chi connectivity index (χ0) is 16.4. The zero-order valence-corrected chi connectivity index (χ0v) is 12.5. The fourth-order valence-electron chi connectivity index (χ4n) is 2.26. The summed E-state index contributed by atoms with van der Waals surface area (Å²) in [4.78, 5) is 0. The van der Waals surface area contributed by atoms with Crippen molar-refractivity contribution in [2.75, 3.05) is 14.2 Å². The van der Waals surface area contributed by atoms with Crippen LogP contribution in [0.5, 0.6) is 17.2 Å². The molecule has 6 nitrogen and oxygen atoms in total. The first-order valence-corrected chi connectivity index (χ1v) is 6.76. The number of ether oxygens (including phenoxy) is 2. The van der Waals surface area contributed by atoms with E-state index in [-0.39, 0.29) is 17.3 Å². The topological polar surface area (TPSA) is 69.4 Å². The van der Waals surface area contributed by atoms with Crippen molar-refractivity contribution in [3.05, 3.63) is 48.4 Å². The van der Waals surface area contributed by atoms with Crippen LogP contribution in [0.4, 0.5) is 4.39 Å². The lowest BCUT2D eigenvalue weighted by molar-refractivity contribution is 0.363. The van der Waals surface area contributed by atoms with Crippen LogP contribution in [0, 0.1) is 5.82 Å². The molecule has 3 rings (SSSR count). The molecule has 0 radical (unpaired) electrons. The van der Waals surface area contributed by atoms with Crippen molar-refractivity contribution in [1.29, 1.82) is 0 Å². The fraction of sp³-hybridized carbons (Fsp3) is 0.125. The molecule has 2 aromatic carbocycles. The summed E-state index contributed by atoms with van der Waals surface area (Å²) < 4.78 is 25.0. The van der Waals surface area contributed by atoms with Gasteiger partial charge in [-0.2, -0.15) is 0 Å². The van der Waals surface area contributed by atoms with Crippen LogP contribution in [0.2, 0.25) is 0 Å². The quantitative estimate of drug-likeness (QED) is 0.802. The van der Waals surface area contributed by atoms with Gasteiger partial charge in [-0.3, -0.25) is 0 Å². The molecule has 0 amide bonds. The van der Waals surface area contributed by atoms with E-state index in [1.165, 1.54) is 37.1 Å². The SMILES string of the molecule is COc1cc(OC)c(-n2nncc2-c2ccc(F)cc2)cc1O. The number of hydrogen-bond acceptors (Lipinski definition) is 5. The number of nitrogens with zero attached hydrogens (tertiary/aromatic N) is 3. The zero-order valence-electron chi connectivity index (χ0n) is 12.5. The molecule has 0 fully saturated rings. The summed E-state index contributed by atoms with van der Waals surface area (Å²) in [5.41, 5.74) is 1.85. The molecule has 1 N–H and O–H groups in total. The first-order chi connectivity index (χ1) is 11.1. The summed E-state index contributed by atoms with van der Waals surface area (Å²) in [6, 6.07) is 8.99. The molecule has 0 spiro atoms. The lowest BCUT2D eigenvalue weighted by Crippen LogP contribution is -2.03. The summed E-state index contributed by atoms with van der Waals surface area (Å²) >= 11 is 0. The van der Waals surface area contributed by atoms with Gasteiger partial charge in [-0.05, 0) is 24.3 Å². The number of hydrogen-bond donors (Lipinski definition) is 1. The third-order valence-electron chi connectivity index (χ3n) is 3.40. The van der Waals surface area contributed by atoms with Crippen molar-refractivity contribution >= 4 is 0 Å². The highest BCUT2D eigenvalue weighted by Crippen LogP contribution is 2.37. The Kier molecular flexibility index (Phi) is 3.84. The molecule has 7 heteroatoms. The highest BCUT2D eigenvalue weighted by Gasteiger charge is 2.16. The van der Waals surface area contributed by atoms with E-state index in [1.807, 2.05) is 0 Å². The van der Waals surface area contributed by atoms with Crippen LogP contribution in [-0.2, 0) is 0 Å². The van der Waals surface area contributed by atoms with Crippen LogP contribution in [0.1, 0.15) is 0 Å². The highest BCUT2D eigenvalue weighted by molar-refractivity contribution is 5.65. The molecular formula is C16H14FN3O3. The Morgan fingerprint density at radius 2 is 1.74 bits per heavy atom. The Balaban J connectivity index is 2.15. The molecule has 0 bridgehead atoms. The Labute approximate surface area is 131 Å². The largest absolute Gasteiger partial charge is 0.504 e. The normalized spacial score (nSPS) is 10.6. The predicted molar refractivity (Wildman–Crippen MR) is 81.5 cm³/mol. The molecule has 0 aliphatic heterocycles. The number of phenols is 1. The summed E-state index contributed by atoms with van der Waals surface area (Å²) in [5, 5.41) is 17.9. The van der Waals surface area contributed by atoms with Crippen LogP contribution < -0.4 is 9.47 Å². The van der Waals surface area contributed by atoms with Gasteiger partial charge < -0.3 is 14.6 Å². The van der Waals surface area contributed by atoms with Crippen molar-refractivity contribution in [3.63, 3.8) is 0 Å². The van der Waals surface area contributed by atoms with Crippen LogP contribution in [-0.4, -0.2) is 34.3 Å². The predicted octanol–water partition coefficient (Wildman–Crippen LogP) is 2.80. The molecule has 0 saturated heterocycles. The van der Waals surface area contributed by atoms with Crippen LogP contribution in [0.15, 0.2) is 42.6 Å². The average molecular weight is 315 g/mol. The number of methoxy groups -OCH3 is 2. The van der Waals surface area contributed by atoms with E-state index in [4.69, 9.17) is 9.47 Å². The van der Waals surface area contributed by atoms with Crippen molar-refractivity contribution in [2.45, 2.75) is 0 Å². The van der Waals surface area contributed by atoms with Gasteiger partial charge in [0, 0.05) is 17.7 Å². The van der Waals surface area contributed by atoms with Crippen LogP contribution in [0.3, 0.4) is 0 Å². The Morgan fingerprint density at radius 3 is 2.39 bits per heavy atom. The fourth-order valence-corrected chi connectivity index (χ4v) is 2.26. The molecule has 0 atom stereocenters. The number of rotatable bonds is 4. The summed E-state index contributed by atoms with van der Waals surface area (Å²) in [5.74, 6) is 0.360. The van der Waals surface area contributed by atoms with E-state index in [1.54, 1.807) is 24.4 Å². The van der Waals surface area contributed by atoms with Gasteiger partial charge in [0.1, 0.15) is 17.3 Å². The summed E-state index contributed by atoms with van der Waals surface area (Å²) in [6.07, 6.45) is 1.55. The minimum Gasteiger partial charge on any atom is -0.504 e. The minimum absolute atomic E-state index is 0.0520. The molecule has 3 aromatic rings. The maximum Gasteiger partial charge on any atom is 0.164 e. The van der Waals surface area contributed by atoms with E-state index in [0.717, 1.165) is 5.56 Å². The number of halogens is 1. The Morgan fingerprint density at radius 1 is 1.04 bits per heavy atom. The number of aromatic hydroxyl groups is 1. The van der Waals surface area contributed by atoms with Gasteiger partial charge in [0.25, 0.3) is 0 Å². The molecular weight excluding hydrogens is 301 g/mol. The number of phenolic OH excluding ortho intramolecular Hbond substituents is 1. The van der Waals surface area contributed by atoms with E-state index < -0.39 is 0 Å². The first kappa shape index (κ1) is 14.8. The second kappa shape index (κ2) is 5.96. The molecule has 0 aliphatic rings. The lowest BCUT2D eigenvalue weighted by Gasteiger charge is -2.13. The standard InChI is InChI=1S/C16H14FN3O3/c1-22-15-8-16(23-2)14(21)7-12(15)20-13(9-18-19-20)10-3-5-11(17)6-4-10/h3-9,21H,1-2H3.